The number of nitrogens with zero attached hydrogens (tertiary/aromatic N) is 1. The number of benzene rings is 5. The van der Waals surface area contributed by atoms with Gasteiger partial charge in [0, 0.05) is 20.3 Å². The average Bonchev–Trinajstić information content (AvgIpc) is 0.907. The third kappa shape index (κ3) is 18.2. The van der Waals surface area contributed by atoms with E-state index < -0.39 is 134 Å². The van der Waals surface area contributed by atoms with Gasteiger partial charge in [-0.05, 0) is 45.6 Å². The molecule has 0 aromatic heterocycles. The molecule has 10 atom stereocenters. The topological polar surface area (TPSA) is 202 Å². The number of halogens is 6. The van der Waals surface area contributed by atoms with Crippen LogP contribution in [-0.2, 0) is 84.2 Å². The Morgan fingerprint density at radius 2 is 1.07 bits per heavy atom. The van der Waals surface area contributed by atoms with Crippen molar-refractivity contribution in [2.24, 2.45) is 4.99 Å². The first-order valence-corrected chi connectivity index (χ1v) is 30.2. The summed E-state index contributed by atoms with van der Waals surface area (Å²) in [6.45, 7) is 8.08. The first-order valence-electron chi connectivity index (χ1n) is 27.1. The van der Waals surface area contributed by atoms with Crippen LogP contribution in [0.25, 0.3) is 0 Å². The fraction of sp³-hybridized carbons (Fsp3) is 0.410. The normalized spacial score (nSPS) is 23.0. The molecular formula is C61H66Cl3F3N2O15Si. The van der Waals surface area contributed by atoms with Gasteiger partial charge in [0.2, 0.25) is 6.29 Å². The van der Waals surface area contributed by atoms with Crippen molar-refractivity contribution in [2.45, 2.75) is 144 Å². The van der Waals surface area contributed by atoms with Gasteiger partial charge < -0.3 is 57.2 Å². The van der Waals surface area contributed by atoms with Crippen molar-refractivity contribution in [1.29, 1.82) is 0 Å². The van der Waals surface area contributed by atoms with E-state index in [4.69, 9.17) is 81.9 Å². The number of carbonyl (C=O) groups is 5. The van der Waals surface area contributed by atoms with Crippen molar-refractivity contribution in [2.75, 3.05) is 13.2 Å². The van der Waals surface area contributed by atoms with Crippen LogP contribution in [0.5, 0.6) is 0 Å². The number of esters is 3. The van der Waals surface area contributed by atoms with Gasteiger partial charge in [-0.15, -0.1) is 0 Å². The van der Waals surface area contributed by atoms with Crippen LogP contribution in [-0.4, -0.2) is 128 Å². The Labute approximate surface area is 506 Å². The molecule has 1 N–H and O–H groups in total. The average molecular weight is 1260 g/mol. The van der Waals surface area contributed by atoms with Gasteiger partial charge in [-0.25, -0.2) is 4.99 Å². The molecule has 5 aromatic rings. The highest BCUT2D eigenvalue weighted by molar-refractivity contribution is 6.99. The second-order valence-electron chi connectivity index (χ2n) is 21.1. The quantitative estimate of drug-likeness (QED) is 0.0162. The molecule has 7 rings (SSSR count). The summed E-state index contributed by atoms with van der Waals surface area (Å²) < 4.78 is 108. The Balaban J connectivity index is 1.43. The third-order valence-electron chi connectivity index (χ3n) is 13.7. The van der Waals surface area contributed by atoms with Crippen LogP contribution in [0.1, 0.15) is 65.5 Å². The molecule has 2 heterocycles. The standard InChI is InChI=1S/C61H66Cl3F3N2O15Si/c1-38(70)32-33-48(73)82-53-51(78-39(2)71)47(37-77-85(59(4,5)6,44-28-18-10-19-29-44)45-30-20-11-21-31-45)81-56(54(53)79-40(3)72)83-50-46(36-75-34-41-22-12-7-13-23-41)80-55(84-58(61(65,66)67)68-43-26-16-9-17-27-43)49(69-57(74)60(62,63)64)52(50)76-35-42-24-14-8-15-25-42/h7-31,46-47,49-56H,32-37H2,1-6H3,(H,69,74)/t46-,47-,49-,50-,51+,52-,53+,54-,55?,56+/m1/s1. The number of Topliss-reactive ketones (excluding diaryl/α,β-unsaturated/α-hetero) is 1. The molecule has 0 radical (unpaired) electrons. The predicted molar refractivity (Wildman–Crippen MR) is 311 cm³/mol. The number of ether oxygens (including phenoxy) is 9. The number of para-hydroxylation sites is 1. The Morgan fingerprint density at radius 1 is 0.576 bits per heavy atom. The summed E-state index contributed by atoms with van der Waals surface area (Å²) in [6, 6.07) is 41.5. The molecule has 1 amide bonds. The summed E-state index contributed by atoms with van der Waals surface area (Å²) in [5.74, 6) is -6.38. The van der Waals surface area contributed by atoms with Crippen LogP contribution in [0.2, 0.25) is 5.04 Å². The Bertz CT molecular complexity index is 2980. The molecule has 24 heteroatoms. The van der Waals surface area contributed by atoms with Gasteiger partial charge in [0.1, 0.15) is 36.2 Å². The lowest BCUT2D eigenvalue weighted by molar-refractivity contribution is -0.350. The van der Waals surface area contributed by atoms with E-state index in [0.29, 0.717) is 11.1 Å². The van der Waals surface area contributed by atoms with Gasteiger partial charge in [-0.2, -0.15) is 13.2 Å². The molecule has 2 aliphatic heterocycles. The molecule has 17 nitrogen and oxygen atoms in total. The number of ketones is 1. The number of hydrogen-bond donors (Lipinski definition) is 1. The van der Waals surface area contributed by atoms with Crippen molar-refractivity contribution >= 4 is 94.7 Å². The van der Waals surface area contributed by atoms with Crippen molar-refractivity contribution in [3.05, 3.63) is 163 Å². The highest BCUT2D eigenvalue weighted by atomic mass is 35.6. The Hall–Kier alpha value is -6.24. The van der Waals surface area contributed by atoms with Crippen LogP contribution in [0.4, 0.5) is 18.9 Å². The maximum Gasteiger partial charge on any atom is 0.468 e. The molecule has 5 aromatic carbocycles. The maximum atomic E-state index is 15.3. The number of carbonyl (C=O) groups excluding carboxylic acids is 5. The predicted octanol–water partition coefficient (Wildman–Crippen LogP) is 9.51. The molecular weight excluding hydrogens is 1190 g/mol. The number of hydrogen-bond acceptors (Lipinski definition) is 16. The van der Waals surface area contributed by atoms with Gasteiger partial charge in [0.25, 0.3) is 23.9 Å². The van der Waals surface area contributed by atoms with E-state index in [0.717, 1.165) is 24.2 Å². The van der Waals surface area contributed by atoms with Crippen molar-refractivity contribution in [3.63, 3.8) is 0 Å². The van der Waals surface area contributed by atoms with E-state index in [9.17, 15) is 24.0 Å². The van der Waals surface area contributed by atoms with Gasteiger partial charge in [-0.3, -0.25) is 19.2 Å². The minimum atomic E-state index is -5.30. The molecule has 2 fully saturated rings. The van der Waals surface area contributed by atoms with Crippen LogP contribution in [0, 0.1) is 0 Å². The second kappa shape index (κ2) is 29.9. The fourth-order valence-electron chi connectivity index (χ4n) is 9.93. The summed E-state index contributed by atoms with van der Waals surface area (Å²) in [5.41, 5.74) is 1.02. The summed E-state index contributed by atoms with van der Waals surface area (Å²) >= 11 is 18.5. The number of aliphatic imine (C=N–C) groups is 1. The minimum Gasteiger partial charge on any atom is -0.456 e. The number of amides is 1. The van der Waals surface area contributed by atoms with Gasteiger partial charge in [0.05, 0.1) is 38.5 Å². The van der Waals surface area contributed by atoms with Crippen LogP contribution in [0.15, 0.2) is 157 Å². The van der Waals surface area contributed by atoms with E-state index in [1.807, 2.05) is 81.4 Å². The SMILES string of the molecule is CC(=O)CCC(=O)O[C@H]1[C@@H](OC(C)=O)[C@@H](CO[Si](c2ccccc2)(c2ccccc2)C(C)(C)C)O[C@@H](O[C@H]2[C@H](OCc3ccccc3)[C@@H](NC(=O)C(Cl)(Cl)Cl)C(OC(=Nc3ccccc3)C(F)(F)F)O[C@@H]2COCc2ccccc2)[C@@H]1OC(C)=O. The largest absolute Gasteiger partial charge is 0.468 e. The summed E-state index contributed by atoms with van der Waals surface area (Å²) in [7, 11) is -3.52. The molecule has 2 saturated heterocycles. The molecule has 2 aliphatic rings. The molecule has 1 unspecified atom stereocenters. The highest BCUT2D eigenvalue weighted by Gasteiger charge is 2.59. The lowest BCUT2D eigenvalue weighted by atomic mass is 9.94. The fourth-order valence-corrected chi connectivity index (χ4v) is 14.7. The van der Waals surface area contributed by atoms with E-state index in [1.54, 1.807) is 66.7 Å². The van der Waals surface area contributed by atoms with Crippen molar-refractivity contribution < 1.29 is 84.2 Å². The summed E-state index contributed by atoms with van der Waals surface area (Å²) in [6.07, 6.45) is -22.1. The minimum absolute atomic E-state index is 0.0921. The smallest absolute Gasteiger partial charge is 0.456 e. The van der Waals surface area contributed by atoms with Crippen molar-refractivity contribution in [3.8, 4) is 0 Å². The highest BCUT2D eigenvalue weighted by Crippen LogP contribution is 2.40. The molecule has 0 spiro atoms. The monoisotopic (exact) mass is 1260 g/mol. The third-order valence-corrected chi connectivity index (χ3v) is 19.2. The zero-order chi connectivity index (χ0) is 61.5. The van der Waals surface area contributed by atoms with E-state index >= 15 is 13.2 Å². The molecule has 456 valence electrons. The molecule has 0 bridgehead atoms. The van der Waals surface area contributed by atoms with Gasteiger partial charge in [0.15, 0.2) is 24.6 Å². The second-order valence-corrected chi connectivity index (χ2v) is 27.7. The van der Waals surface area contributed by atoms with Crippen LogP contribution < -0.4 is 15.7 Å². The van der Waals surface area contributed by atoms with E-state index in [1.165, 1.54) is 31.2 Å². The Kier molecular flexibility index (Phi) is 23.3. The maximum absolute atomic E-state index is 15.3. The van der Waals surface area contributed by atoms with Gasteiger partial charge >= 0.3 is 24.1 Å². The molecule has 0 saturated carbocycles. The lowest BCUT2D eigenvalue weighted by Crippen LogP contribution is -2.70. The first-order chi connectivity index (χ1) is 40.3. The van der Waals surface area contributed by atoms with Crippen molar-refractivity contribution in [1.82, 2.24) is 5.32 Å². The summed E-state index contributed by atoms with van der Waals surface area (Å²) in [5, 5.41) is 3.49. The first kappa shape index (κ1) is 66.3. The Morgan fingerprint density at radius 3 is 1.58 bits per heavy atom. The number of alkyl halides is 6. The lowest BCUT2D eigenvalue weighted by Gasteiger charge is -2.50. The zero-order valence-electron chi connectivity index (χ0n) is 47.3. The van der Waals surface area contributed by atoms with E-state index in [2.05, 4.69) is 10.3 Å². The number of rotatable bonds is 23. The van der Waals surface area contributed by atoms with Crippen LogP contribution in [0.3, 0.4) is 0 Å². The molecule has 0 aliphatic carbocycles. The zero-order valence-corrected chi connectivity index (χ0v) is 50.6. The van der Waals surface area contributed by atoms with Crippen LogP contribution >= 0.6 is 34.8 Å². The van der Waals surface area contributed by atoms with E-state index in [-0.39, 0.29) is 31.1 Å². The number of nitrogens with one attached hydrogen (secondary N) is 1. The molecule has 85 heavy (non-hydrogen) atoms. The van der Waals surface area contributed by atoms with Gasteiger partial charge in [-0.1, -0.05) is 195 Å². The summed E-state index contributed by atoms with van der Waals surface area (Å²) in [4.78, 5) is 70.8.